The number of carbonyl (C=O) groups excluding carboxylic acids is 1. The number of amides is 1. The summed E-state index contributed by atoms with van der Waals surface area (Å²) < 4.78 is 5.87. The second-order valence-corrected chi connectivity index (χ2v) is 7.81. The zero-order valence-electron chi connectivity index (χ0n) is 14.8. The van der Waals surface area contributed by atoms with Gasteiger partial charge in [0.15, 0.2) is 0 Å². The van der Waals surface area contributed by atoms with Crippen LogP contribution in [0.25, 0.3) is 0 Å². The summed E-state index contributed by atoms with van der Waals surface area (Å²) in [5, 5.41) is 3.41. The lowest BCUT2D eigenvalue weighted by Gasteiger charge is -2.25. The second kappa shape index (κ2) is 8.07. The fourth-order valence-electron chi connectivity index (χ4n) is 4.48. The van der Waals surface area contributed by atoms with Crippen LogP contribution >= 0.6 is 12.4 Å². The van der Waals surface area contributed by atoms with Gasteiger partial charge in [-0.2, -0.15) is 0 Å². The van der Waals surface area contributed by atoms with Gasteiger partial charge in [0.2, 0.25) is 5.91 Å². The molecule has 0 radical (unpaired) electrons. The van der Waals surface area contributed by atoms with Crippen molar-refractivity contribution in [3.63, 3.8) is 0 Å². The van der Waals surface area contributed by atoms with Crippen molar-refractivity contribution in [3.8, 4) is 0 Å². The number of carbonyl (C=O) groups is 1. The van der Waals surface area contributed by atoms with Crippen LogP contribution in [0.4, 0.5) is 0 Å². The maximum absolute atomic E-state index is 12.8. The number of halogens is 1. The highest BCUT2D eigenvalue weighted by molar-refractivity contribution is 5.85. The van der Waals surface area contributed by atoms with E-state index in [0.717, 1.165) is 45.6 Å². The molecule has 0 aromatic heterocycles. The van der Waals surface area contributed by atoms with Crippen LogP contribution in [0.5, 0.6) is 0 Å². The summed E-state index contributed by atoms with van der Waals surface area (Å²) in [6.45, 7) is 5.41. The monoisotopic (exact) mass is 364 g/mol. The van der Waals surface area contributed by atoms with Crippen LogP contribution in [0.3, 0.4) is 0 Å². The number of likely N-dealkylation sites (tertiary alicyclic amines) is 1. The highest BCUT2D eigenvalue weighted by atomic mass is 35.5. The fraction of sp³-hybridized carbons (Fsp3) is 0.650. The van der Waals surface area contributed by atoms with Gasteiger partial charge < -0.3 is 15.0 Å². The molecule has 5 heteroatoms. The van der Waals surface area contributed by atoms with E-state index in [0.29, 0.717) is 29.8 Å². The van der Waals surface area contributed by atoms with Gasteiger partial charge in [0, 0.05) is 24.9 Å². The third kappa shape index (κ3) is 4.18. The van der Waals surface area contributed by atoms with Crippen molar-refractivity contribution < 1.29 is 9.53 Å². The highest BCUT2D eigenvalue weighted by Crippen LogP contribution is 2.59. The summed E-state index contributed by atoms with van der Waals surface area (Å²) in [5.41, 5.74) is 1.57. The van der Waals surface area contributed by atoms with E-state index >= 15 is 0 Å². The van der Waals surface area contributed by atoms with E-state index in [9.17, 15) is 4.79 Å². The van der Waals surface area contributed by atoms with E-state index < -0.39 is 0 Å². The summed E-state index contributed by atoms with van der Waals surface area (Å²) in [6.07, 6.45) is 4.57. The van der Waals surface area contributed by atoms with Gasteiger partial charge in [-0.05, 0) is 49.8 Å². The molecule has 1 aliphatic carbocycles. The minimum Gasteiger partial charge on any atom is -0.376 e. The Kier molecular flexibility index (Phi) is 6.03. The van der Waals surface area contributed by atoms with E-state index in [1.165, 1.54) is 18.4 Å². The first-order chi connectivity index (χ1) is 11.8. The number of hydrogen-bond acceptors (Lipinski definition) is 3. The molecule has 1 aromatic rings. The molecule has 1 amide bonds. The minimum atomic E-state index is 0. The Balaban J connectivity index is 0.00000182. The van der Waals surface area contributed by atoms with Crippen LogP contribution in [-0.2, 0) is 16.1 Å². The largest absolute Gasteiger partial charge is 0.376 e. The van der Waals surface area contributed by atoms with Gasteiger partial charge >= 0.3 is 0 Å². The highest BCUT2D eigenvalue weighted by Gasteiger charge is 2.58. The molecule has 1 spiro atoms. The molecule has 138 valence electrons. The molecule has 25 heavy (non-hydrogen) atoms. The van der Waals surface area contributed by atoms with E-state index in [1.807, 2.05) is 18.2 Å². The van der Waals surface area contributed by atoms with E-state index in [-0.39, 0.29) is 12.4 Å². The first kappa shape index (κ1) is 18.7. The van der Waals surface area contributed by atoms with Crippen molar-refractivity contribution in [1.29, 1.82) is 0 Å². The summed E-state index contributed by atoms with van der Waals surface area (Å²) in [4.78, 5) is 14.9. The smallest absolute Gasteiger partial charge is 0.226 e. The number of piperidine rings is 1. The molecule has 1 saturated carbocycles. The van der Waals surface area contributed by atoms with Gasteiger partial charge in [0.25, 0.3) is 0 Å². The van der Waals surface area contributed by atoms with Gasteiger partial charge in [-0.15, -0.1) is 12.4 Å². The molecule has 1 N–H and O–H groups in total. The van der Waals surface area contributed by atoms with Crippen molar-refractivity contribution >= 4 is 18.3 Å². The quantitative estimate of drug-likeness (QED) is 0.873. The molecule has 2 aliphatic heterocycles. The third-order valence-electron chi connectivity index (χ3n) is 6.15. The lowest BCUT2D eigenvalue weighted by Crippen LogP contribution is -2.35. The average Bonchev–Trinajstić information content (AvgIpc) is 3.09. The van der Waals surface area contributed by atoms with Gasteiger partial charge in [0.05, 0.1) is 13.2 Å². The standard InChI is InChI=1S/C20H28N2O2.ClH/c23-19(18-12-20(18)7-9-21-10-8-20)22-11-6-17(13-22)15-24-14-16-4-2-1-3-5-16;/h1-5,17-18,21H,6-15H2;1H. The molecule has 3 fully saturated rings. The minimum absolute atomic E-state index is 0. The zero-order chi connectivity index (χ0) is 16.4. The molecule has 3 aliphatic rings. The van der Waals surface area contributed by atoms with Gasteiger partial charge in [-0.1, -0.05) is 30.3 Å². The Bertz CT molecular complexity index is 574. The van der Waals surface area contributed by atoms with E-state index in [4.69, 9.17) is 4.74 Å². The lowest BCUT2D eigenvalue weighted by molar-refractivity contribution is -0.132. The lowest BCUT2D eigenvalue weighted by atomic mass is 9.91. The van der Waals surface area contributed by atoms with Crippen molar-refractivity contribution in [3.05, 3.63) is 35.9 Å². The maximum atomic E-state index is 12.8. The number of ether oxygens (including phenoxy) is 1. The molecular formula is C20H29ClN2O2. The Labute approximate surface area is 156 Å². The van der Waals surface area contributed by atoms with Crippen LogP contribution in [0.1, 0.15) is 31.2 Å². The van der Waals surface area contributed by atoms with Crippen molar-refractivity contribution in [1.82, 2.24) is 10.2 Å². The number of benzene rings is 1. The van der Waals surface area contributed by atoms with Crippen LogP contribution in [-0.4, -0.2) is 43.6 Å². The Hall–Kier alpha value is -1.10. The summed E-state index contributed by atoms with van der Waals surface area (Å²) in [6, 6.07) is 10.3. The normalized spacial score (nSPS) is 27.1. The second-order valence-electron chi connectivity index (χ2n) is 7.81. The van der Waals surface area contributed by atoms with Gasteiger partial charge in [0.1, 0.15) is 0 Å². The fourth-order valence-corrected chi connectivity index (χ4v) is 4.48. The summed E-state index contributed by atoms with van der Waals surface area (Å²) in [5.74, 6) is 1.23. The Morgan fingerprint density at radius 3 is 2.76 bits per heavy atom. The molecule has 4 nitrogen and oxygen atoms in total. The van der Waals surface area contributed by atoms with Gasteiger partial charge in [-0.25, -0.2) is 0 Å². The van der Waals surface area contributed by atoms with Crippen LogP contribution in [0.15, 0.2) is 30.3 Å². The third-order valence-corrected chi connectivity index (χ3v) is 6.15. The zero-order valence-corrected chi connectivity index (χ0v) is 15.6. The van der Waals surface area contributed by atoms with E-state index in [1.54, 1.807) is 0 Å². The van der Waals surface area contributed by atoms with Crippen LogP contribution in [0, 0.1) is 17.3 Å². The molecule has 1 aromatic carbocycles. The number of rotatable bonds is 5. The van der Waals surface area contributed by atoms with Crippen molar-refractivity contribution in [2.24, 2.45) is 17.3 Å². The predicted molar refractivity (Wildman–Crippen MR) is 101 cm³/mol. The number of hydrogen-bond donors (Lipinski definition) is 1. The number of nitrogens with one attached hydrogen (secondary N) is 1. The topological polar surface area (TPSA) is 41.6 Å². The molecular weight excluding hydrogens is 336 g/mol. The summed E-state index contributed by atoms with van der Waals surface area (Å²) in [7, 11) is 0. The van der Waals surface area contributed by atoms with Crippen LogP contribution in [0.2, 0.25) is 0 Å². The first-order valence-corrected chi connectivity index (χ1v) is 9.38. The van der Waals surface area contributed by atoms with Gasteiger partial charge in [-0.3, -0.25) is 4.79 Å². The van der Waals surface area contributed by atoms with E-state index in [2.05, 4.69) is 22.3 Å². The molecule has 2 unspecified atom stereocenters. The molecule has 4 rings (SSSR count). The average molecular weight is 365 g/mol. The summed E-state index contributed by atoms with van der Waals surface area (Å²) >= 11 is 0. The molecule has 0 bridgehead atoms. The van der Waals surface area contributed by atoms with Crippen molar-refractivity contribution in [2.45, 2.75) is 32.3 Å². The Morgan fingerprint density at radius 2 is 2.00 bits per heavy atom. The number of nitrogens with zero attached hydrogens (tertiary/aromatic N) is 1. The predicted octanol–water partition coefficient (Wildman–Crippen LogP) is 2.86. The first-order valence-electron chi connectivity index (χ1n) is 9.38. The SMILES string of the molecule is Cl.O=C(C1CC12CCNCC2)N1CCC(COCc2ccccc2)C1. The van der Waals surface area contributed by atoms with Crippen LogP contribution < -0.4 is 5.32 Å². The van der Waals surface area contributed by atoms with Crippen molar-refractivity contribution in [2.75, 3.05) is 32.8 Å². The molecule has 2 atom stereocenters. The molecule has 2 heterocycles. The maximum Gasteiger partial charge on any atom is 0.226 e. The Morgan fingerprint density at radius 1 is 1.24 bits per heavy atom. The molecule has 2 saturated heterocycles.